The van der Waals surface area contributed by atoms with E-state index in [2.05, 4.69) is 69.1 Å². The predicted molar refractivity (Wildman–Crippen MR) is 203 cm³/mol. The number of sulfonamides is 1. The normalized spacial score (nSPS) is 15.2. The number of anilines is 2. The largest absolute Gasteiger partial charge is 0.371 e. The molecule has 4 aromatic carbocycles. The van der Waals surface area contributed by atoms with Gasteiger partial charge in [0.05, 0.1) is 11.4 Å². The molecule has 2 fully saturated rings. The van der Waals surface area contributed by atoms with Gasteiger partial charge in [-0.05, 0) is 97.2 Å². The number of carbonyl (C=O) groups is 3. The molecule has 2 saturated heterocycles. The van der Waals surface area contributed by atoms with E-state index in [1.165, 1.54) is 28.7 Å². The molecular weight excluding hydrogens is 695 g/mol. The van der Waals surface area contributed by atoms with Crippen molar-refractivity contribution < 1.29 is 33.2 Å². The molecule has 4 aromatic rings. The number of hydroxylamine groups is 2. The predicted octanol–water partition coefficient (Wildman–Crippen LogP) is 5.39. The Labute approximate surface area is 310 Å². The van der Waals surface area contributed by atoms with Crippen molar-refractivity contribution in [3.63, 3.8) is 0 Å². The molecule has 280 valence electrons. The van der Waals surface area contributed by atoms with E-state index in [0.29, 0.717) is 17.4 Å². The number of Topliss-reactive ketones (excluding diaryl/α,β-unsaturated/α-hetero) is 1. The van der Waals surface area contributed by atoms with Crippen LogP contribution in [-0.4, -0.2) is 69.2 Å². The lowest BCUT2D eigenvalue weighted by atomic mass is 9.89. The van der Waals surface area contributed by atoms with Crippen LogP contribution in [0.5, 0.6) is 0 Å². The van der Waals surface area contributed by atoms with Gasteiger partial charge in [-0.25, -0.2) is 24.1 Å². The quantitative estimate of drug-likeness (QED) is 0.0726. The Morgan fingerprint density at radius 3 is 1.45 bits per heavy atom. The van der Waals surface area contributed by atoms with Crippen LogP contribution in [0.2, 0.25) is 0 Å². The second-order valence-electron chi connectivity index (χ2n) is 13.2. The smallest absolute Gasteiger partial charge is 0.258 e. The maximum atomic E-state index is 12.2. The van der Waals surface area contributed by atoms with Crippen LogP contribution in [0, 0.1) is 0 Å². The third kappa shape index (κ3) is 11.2. The van der Waals surface area contributed by atoms with Crippen LogP contribution < -0.4 is 25.5 Å². The van der Waals surface area contributed by atoms with Gasteiger partial charge in [-0.2, -0.15) is 0 Å². The van der Waals surface area contributed by atoms with E-state index in [9.17, 15) is 22.8 Å². The fourth-order valence-corrected chi connectivity index (χ4v) is 7.78. The maximum Gasteiger partial charge on any atom is 0.258 e. The van der Waals surface area contributed by atoms with Crippen LogP contribution in [0.15, 0.2) is 114 Å². The van der Waals surface area contributed by atoms with Crippen LogP contribution in [-0.2, 0) is 19.6 Å². The van der Waals surface area contributed by atoms with Gasteiger partial charge < -0.3 is 9.80 Å². The Kier molecular flexibility index (Phi) is 14.1. The third-order valence-electron chi connectivity index (χ3n) is 9.85. The van der Waals surface area contributed by atoms with Crippen LogP contribution in [0.25, 0.3) is 0 Å². The Bertz CT molecular complexity index is 1880. The van der Waals surface area contributed by atoms with E-state index in [1.54, 1.807) is 17.6 Å². The summed E-state index contributed by atoms with van der Waals surface area (Å²) in [7, 11) is -3.80. The first-order chi connectivity index (χ1) is 25.7. The van der Waals surface area contributed by atoms with E-state index in [-0.39, 0.29) is 23.5 Å². The lowest BCUT2D eigenvalue weighted by Crippen LogP contribution is -2.35. The molecule has 0 unspecified atom stereocenters. The summed E-state index contributed by atoms with van der Waals surface area (Å²) in [5.41, 5.74) is 8.42. The van der Waals surface area contributed by atoms with Gasteiger partial charge in [0, 0.05) is 56.0 Å². The molecule has 0 radical (unpaired) electrons. The van der Waals surface area contributed by atoms with Gasteiger partial charge in [-0.3, -0.25) is 24.8 Å². The van der Waals surface area contributed by atoms with Crippen molar-refractivity contribution in [2.75, 3.05) is 42.5 Å². The number of amides is 2. The summed E-state index contributed by atoms with van der Waals surface area (Å²) in [5.74, 6) is -0.286. The molecule has 5 N–H and O–H groups in total. The first kappa shape index (κ1) is 39.1. The molecule has 2 amide bonds. The fourth-order valence-electron chi connectivity index (χ4n) is 6.80. The number of ketones is 1. The molecule has 53 heavy (non-hydrogen) atoms. The topological polar surface area (TPSA) is 168 Å². The molecule has 0 aromatic heterocycles. The molecule has 0 saturated carbocycles. The summed E-state index contributed by atoms with van der Waals surface area (Å²) in [4.78, 5) is 38.8. The number of hydrogen-bond donors (Lipinski definition) is 5. The highest BCUT2D eigenvalue weighted by atomic mass is 32.2. The fraction of sp³-hybridized carbons (Fsp3) is 0.325. The zero-order chi connectivity index (χ0) is 37.6. The van der Waals surface area contributed by atoms with Gasteiger partial charge in [0.25, 0.3) is 5.91 Å². The molecule has 2 aliphatic rings. The van der Waals surface area contributed by atoms with Crippen molar-refractivity contribution in [2.24, 2.45) is 0 Å². The van der Waals surface area contributed by atoms with Gasteiger partial charge in [0.15, 0.2) is 5.78 Å². The number of benzene rings is 4. The van der Waals surface area contributed by atoms with Crippen molar-refractivity contribution in [1.82, 2.24) is 15.7 Å². The highest BCUT2D eigenvalue weighted by molar-refractivity contribution is 7.89. The van der Waals surface area contributed by atoms with Crippen LogP contribution in [0.3, 0.4) is 0 Å². The van der Waals surface area contributed by atoms with E-state index in [1.807, 2.05) is 30.3 Å². The molecule has 13 heteroatoms. The Morgan fingerprint density at radius 1 is 0.585 bits per heavy atom. The summed E-state index contributed by atoms with van der Waals surface area (Å²) in [5, 5.41) is 16.9. The van der Waals surface area contributed by atoms with Gasteiger partial charge in [0.1, 0.15) is 0 Å². The highest BCUT2D eigenvalue weighted by Crippen LogP contribution is 2.32. The lowest BCUT2D eigenvalue weighted by Gasteiger charge is -2.34. The Morgan fingerprint density at radius 2 is 1.02 bits per heavy atom. The van der Waals surface area contributed by atoms with Gasteiger partial charge in [0.2, 0.25) is 15.9 Å². The minimum absolute atomic E-state index is 0.00984. The molecule has 0 bridgehead atoms. The average molecular weight is 742 g/mol. The second kappa shape index (κ2) is 19.1. The SMILES string of the molecule is O=C(CCC(=O)c1ccc(N2CCC(c3ccccc3)CC2)cc1)NO.O=C(CNS(=O)(=O)c1ccc(N2CCC(c3ccccc3)CC2)cc1)NO. The molecule has 12 nitrogen and oxygen atoms in total. The van der Waals surface area contributed by atoms with Gasteiger partial charge in [-0.15, -0.1) is 0 Å². The van der Waals surface area contributed by atoms with Crippen molar-refractivity contribution in [3.05, 3.63) is 126 Å². The molecule has 6 rings (SSSR count). The van der Waals surface area contributed by atoms with Crippen molar-refractivity contribution in [2.45, 2.75) is 55.3 Å². The van der Waals surface area contributed by atoms with Crippen molar-refractivity contribution >= 4 is 39.0 Å². The number of nitrogens with one attached hydrogen (secondary N) is 3. The Hall–Kier alpha value is -5.08. The third-order valence-corrected chi connectivity index (χ3v) is 11.3. The highest BCUT2D eigenvalue weighted by Gasteiger charge is 2.23. The van der Waals surface area contributed by atoms with Crippen LogP contribution in [0.4, 0.5) is 11.4 Å². The molecule has 2 aliphatic heterocycles. The standard InChI is InChI=1S/C21H24N2O3.C19H23N3O4S/c24-20(10-11-21(25)22-26)18-6-8-19(9-7-18)23-14-12-17(13-15-23)16-4-2-1-3-5-16;23-19(21-24)14-20-27(25,26)18-8-6-17(7-9-18)22-12-10-16(11-13-22)15-4-2-1-3-5-15/h1-9,17,26H,10-15H2,(H,22,25);1-9,16,20,24H,10-14H2,(H,21,23). The van der Waals surface area contributed by atoms with E-state index < -0.39 is 28.4 Å². The summed E-state index contributed by atoms with van der Waals surface area (Å²) < 4.78 is 26.4. The maximum absolute atomic E-state index is 12.2. The molecule has 2 heterocycles. The van der Waals surface area contributed by atoms with E-state index >= 15 is 0 Å². The van der Waals surface area contributed by atoms with Crippen molar-refractivity contribution in [3.8, 4) is 0 Å². The average Bonchev–Trinajstić information content (AvgIpc) is 3.23. The summed E-state index contributed by atoms with van der Waals surface area (Å²) in [6.07, 6.45) is 4.45. The lowest BCUT2D eigenvalue weighted by molar-refractivity contribution is -0.129. The van der Waals surface area contributed by atoms with E-state index in [4.69, 9.17) is 10.4 Å². The molecular formula is C40H47N5O7S. The monoisotopic (exact) mass is 741 g/mol. The number of carbonyl (C=O) groups excluding carboxylic acids is 3. The summed E-state index contributed by atoms with van der Waals surface area (Å²) in [6.45, 7) is 3.32. The summed E-state index contributed by atoms with van der Waals surface area (Å²) in [6, 6.07) is 35.4. The zero-order valence-corrected chi connectivity index (χ0v) is 30.4. The molecule has 0 aliphatic carbocycles. The molecule has 0 atom stereocenters. The zero-order valence-electron chi connectivity index (χ0n) is 29.6. The second-order valence-corrected chi connectivity index (χ2v) is 15.0. The molecule has 0 spiro atoms. The first-order valence-electron chi connectivity index (χ1n) is 17.9. The minimum Gasteiger partial charge on any atom is -0.371 e. The van der Waals surface area contributed by atoms with Gasteiger partial charge >= 0.3 is 0 Å². The number of rotatable bonds is 12. The minimum atomic E-state index is -3.80. The van der Waals surface area contributed by atoms with Crippen LogP contribution in [0.1, 0.15) is 71.8 Å². The van der Waals surface area contributed by atoms with Gasteiger partial charge in [-0.1, -0.05) is 60.7 Å². The van der Waals surface area contributed by atoms with E-state index in [0.717, 1.165) is 63.2 Å². The van der Waals surface area contributed by atoms with Crippen molar-refractivity contribution in [1.29, 1.82) is 0 Å². The number of nitrogens with zero attached hydrogens (tertiary/aromatic N) is 2. The summed E-state index contributed by atoms with van der Waals surface area (Å²) >= 11 is 0. The Balaban J connectivity index is 0.000000204. The number of hydrogen-bond acceptors (Lipinski definition) is 9. The van der Waals surface area contributed by atoms with Crippen LogP contribution >= 0.6 is 0 Å². The number of piperidine rings is 2. The first-order valence-corrected chi connectivity index (χ1v) is 19.3.